The van der Waals surface area contributed by atoms with Gasteiger partial charge in [-0.3, -0.25) is 14.9 Å². The monoisotopic (exact) mass is 362 g/mol. The molecule has 0 unspecified atom stereocenters. The third kappa shape index (κ3) is 3.92. The average Bonchev–Trinajstić information content (AvgIpc) is 3.00. The van der Waals surface area contributed by atoms with Crippen LogP contribution in [0.5, 0.6) is 0 Å². The molecule has 0 saturated heterocycles. The molecule has 0 radical (unpaired) electrons. The first-order chi connectivity index (χ1) is 13.0. The van der Waals surface area contributed by atoms with Gasteiger partial charge in [-0.2, -0.15) is 5.10 Å². The minimum absolute atomic E-state index is 0.0719. The zero-order chi connectivity index (χ0) is 19.4. The average molecular weight is 362 g/mol. The summed E-state index contributed by atoms with van der Waals surface area (Å²) in [5.41, 5.74) is 6.27. The van der Waals surface area contributed by atoms with E-state index < -0.39 is 10.8 Å². The van der Waals surface area contributed by atoms with E-state index in [0.29, 0.717) is 11.1 Å². The van der Waals surface area contributed by atoms with Gasteiger partial charge in [0.2, 0.25) is 0 Å². The molecule has 136 valence electrons. The number of carbonyl (C=O) groups excluding carboxylic acids is 1. The highest BCUT2D eigenvalue weighted by Crippen LogP contribution is 2.17. The third-order valence-corrected chi connectivity index (χ3v) is 4.16. The van der Waals surface area contributed by atoms with Gasteiger partial charge < -0.3 is 4.57 Å². The number of nitro benzene ring substituents is 1. The Bertz CT molecular complexity index is 1000. The molecule has 0 spiro atoms. The molecule has 1 amide bonds. The molecule has 1 heterocycles. The fourth-order valence-electron chi connectivity index (χ4n) is 2.83. The van der Waals surface area contributed by atoms with Gasteiger partial charge in [-0.05, 0) is 56.3 Å². The molecular weight excluding hydrogens is 344 g/mol. The van der Waals surface area contributed by atoms with E-state index >= 15 is 0 Å². The quantitative estimate of drug-likeness (QED) is 0.426. The second kappa shape index (κ2) is 7.65. The van der Waals surface area contributed by atoms with Crippen LogP contribution in [0.1, 0.15) is 27.3 Å². The van der Waals surface area contributed by atoms with Crippen molar-refractivity contribution in [3.05, 3.63) is 93.3 Å². The summed E-state index contributed by atoms with van der Waals surface area (Å²) in [4.78, 5) is 22.7. The Morgan fingerprint density at radius 2 is 1.67 bits per heavy atom. The minimum Gasteiger partial charge on any atom is -0.319 e. The van der Waals surface area contributed by atoms with Crippen LogP contribution in [0.25, 0.3) is 5.69 Å². The SMILES string of the molecule is Cc1ccc(C)n1-c1ccc(C(=O)NN=Cc2ccccc2[N+](=O)[O-])cc1. The number of carbonyl (C=O) groups is 1. The topological polar surface area (TPSA) is 89.5 Å². The number of nitro groups is 1. The summed E-state index contributed by atoms with van der Waals surface area (Å²) in [6.45, 7) is 4.04. The van der Waals surface area contributed by atoms with Gasteiger partial charge in [-0.25, -0.2) is 5.43 Å². The molecule has 3 rings (SSSR count). The predicted molar refractivity (Wildman–Crippen MR) is 103 cm³/mol. The van der Waals surface area contributed by atoms with Crippen LogP contribution in [-0.2, 0) is 0 Å². The second-order valence-corrected chi connectivity index (χ2v) is 6.01. The van der Waals surface area contributed by atoms with Crippen LogP contribution in [0, 0.1) is 24.0 Å². The van der Waals surface area contributed by atoms with E-state index in [9.17, 15) is 14.9 Å². The standard InChI is InChI=1S/C20H18N4O3/c1-14-7-8-15(2)23(14)18-11-9-16(10-12-18)20(25)22-21-13-17-5-3-4-6-19(17)24(26)27/h3-13H,1-2H3,(H,22,25). The van der Waals surface area contributed by atoms with Gasteiger partial charge in [0.1, 0.15) is 0 Å². The number of amides is 1. The number of para-hydroxylation sites is 1. The van der Waals surface area contributed by atoms with Gasteiger partial charge in [-0.1, -0.05) is 12.1 Å². The number of nitrogens with zero attached hydrogens (tertiary/aromatic N) is 3. The molecule has 0 saturated carbocycles. The van der Waals surface area contributed by atoms with Crippen molar-refractivity contribution in [1.29, 1.82) is 0 Å². The Balaban J connectivity index is 1.71. The first-order valence-corrected chi connectivity index (χ1v) is 8.29. The van der Waals surface area contributed by atoms with E-state index in [0.717, 1.165) is 17.1 Å². The van der Waals surface area contributed by atoms with Crippen molar-refractivity contribution >= 4 is 17.8 Å². The summed E-state index contributed by atoms with van der Waals surface area (Å²) in [6, 6.07) is 17.4. The highest BCUT2D eigenvalue weighted by Gasteiger charge is 2.11. The maximum Gasteiger partial charge on any atom is 0.278 e. The van der Waals surface area contributed by atoms with Crippen molar-refractivity contribution in [1.82, 2.24) is 9.99 Å². The molecule has 0 bridgehead atoms. The molecule has 1 aromatic heterocycles. The van der Waals surface area contributed by atoms with Crippen LogP contribution in [0.2, 0.25) is 0 Å². The van der Waals surface area contributed by atoms with Gasteiger partial charge >= 0.3 is 0 Å². The summed E-state index contributed by atoms with van der Waals surface area (Å²) in [5, 5.41) is 14.8. The van der Waals surface area contributed by atoms with Crippen molar-refractivity contribution < 1.29 is 9.72 Å². The molecule has 2 aromatic carbocycles. The van der Waals surface area contributed by atoms with Gasteiger partial charge in [0.05, 0.1) is 16.7 Å². The van der Waals surface area contributed by atoms with Crippen molar-refractivity contribution in [2.24, 2.45) is 5.10 Å². The highest BCUT2D eigenvalue weighted by molar-refractivity contribution is 5.95. The van der Waals surface area contributed by atoms with Gasteiger partial charge in [0.25, 0.3) is 11.6 Å². The molecule has 0 aliphatic rings. The van der Waals surface area contributed by atoms with Crippen LogP contribution in [0.15, 0.2) is 65.8 Å². The fraction of sp³-hybridized carbons (Fsp3) is 0.100. The van der Waals surface area contributed by atoms with Crippen LogP contribution in [0.3, 0.4) is 0 Å². The van der Waals surface area contributed by atoms with Crippen LogP contribution in [0.4, 0.5) is 5.69 Å². The summed E-state index contributed by atoms with van der Waals surface area (Å²) >= 11 is 0. The zero-order valence-corrected chi connectivity index (χ0v) is 14.9. The first-order valence-electron chi connectivity index (χ1n) is 8.29. The lowest BCUT2D eigenvalue weighted by Crippen LogP contribution is -2.17. The minimum atomic E-state index is -0.493. The van der Waals surface area contributed by atoms with Gasteiger partial charge in [0.15, 0.2) is 0 Å². The number of hydrogen-bond donors (Lipinski definition) is 1. The number of benzene rings is 2. The largest absolute Gasteiger partial charge is 0.319 e. The third-order valence-electron chi connectivity index (χ3n) is 4.16. The Kier molecular flexibility index (Phi) is 5.12. The summed E-state index contributed by atoms with van der Waals surface area (Å²) in [7, 11) is 0. The molecule has 27 heavy (non-hydrogen) atoms. The molecule has 0 fully saturated rings. The number of aryl methyl sites for hydroxylation is 2. The summed E-state index contributed by atoms with van der Waals surface area (Å²) in [6.07, 6.45) is 1.26. The highest BCUT2D eigenvalue weighted by atomic mass is 16.6. The molecule has 7 nitrogen and oxygen atoms in total. The number of hydrazone groups is 1. The van der Waals surface area contributed by atoms with Crippen molar-refractivity contribution in [3.63, 3.8) is 0 Å². The zero-order valence-electron chi connectivity index (χ0n) is 14.9. The smallest absolute Gasteiger partial charge is 0.278 e. The lowest BCUT2D eigenvalue weighted by Gasteiger charge is -2.10. The first kappa shape index (κ1) is 18.1. The van der Waals surface area contributed by atoms with Crippen molar-refractivity contribution in [2.45, 2.75) is 13.8 Å². The van der Waals surface area contributed by atoms with E-state index in [1.807, 2.05) is 38.1 Å². The van der Waals surface area contributed by atoms with E-state index in [4.69, 9.17) is 0 Å². The molecule has 0 aliphatic carbocycles. The van der Waals surface area contributed by atoms with Crippen molar-refractivity contribution in [2.75, 3.05) is 0 Å². The summed E-state index contributed by atoms with van der Waals surface area (Å²) < 4.78 is 2.09. The number of nitrogens with one attached hydrogen (secondary N) is 1. The second-order valence-electron chi connectivity index (χ2n) is 6.01. The van der Waals surface area contributed by atoms with Crippen LogP contribution in [-0.4, -0.2) is 21.6 Å². The van der Waals surface area contributed by atoms with E-state index in [2.05, 4.69) is 15.1 Å². The lowest BCUT2D eigenvalue weighted by atomic mass is 10.2. The van der Waals surface area contributed by atoms with E-state index in [1.165, 1.54) is 12.3 Å². The molecule has 3 aromatic rings. The van der Waals surface area contributed by atoms with E-state index in [1.54, 1.807) is 30.3 Å². The molecular formula is C20H18N4O3. The fourth-order valence-corrected chi connectivity index (χ4v) is 2.83. The molecule has 7 heteroatoms. The molecule has 0 atom stereocenters. The molecule has 1 N–H and O–H groups in total. The predicted octanol–water partition coefficient (Wildman–Crippen LogP) is 3.77. The number of rotatable bonds is 5. The maximum absolute atomic E-state index is 12.2. The Morgan fingerprint density at radius 1 is 1.04 bits per heavy atom. The van der Waals surface area contributed by atoms with Gasteiger partial charge in [0, 0.05) is 28.7 Å². The number of aromatic nitrogens is 1. The van der Waals surface area contributed by atoms with Gasteiger partial charge in [-0.15, -0.1) is 0 Å². The Labute approximate surface area is 156 Å². The Hall–Kier alpha value is -3.74. The van der Waals surface area contributed by atoms with Crippen LogP contribution < -0.4 is 5.43 Å². The maximum atomic E-state index is 12.2. The number of hydrogen-bond acceptors (Lipinski definition) is 4. The van der Waals surface area contributed by atoms with E-state index in [-0.39, 0.29) is 5.69 Å². The Morgan fingerprint density at radius 3 is 2.30 bits per heavy atom. The van der Waals surface area contributed by atoms with Crippen LogP contribution >= 0.6 is 0 Å². The molecule has 0 aliphatic heterocycles. The summed E-state index contributed by atoms with van der Waals surface area (Å²) in [5.74, 6) is -0.391. The normalized spacial score (nSPS) is 10.9. The van der Waals surface area contributed by atoms with Crippen molar-refractivity contribution in [3.8, 4) is 5.69 Å². The lowest BCUT2D eigenvalue weighted by molar-refractivity contribution is -0.385.